The van der Waals surface area contributed by atoms with Crippen LogP contribution in [0.5, 0.6) is 0 Å². The van der Waals surface area contributed by atoms with Gasteiger partial charge in [0.25, 0.3) is 0 Å². The monoisotopic (exact) mass is 348 g/mol. The Morgan fingerprint density at radius 2 is 1.96 bits per heavy atom. The number of fused-ring (bicyclic) bond motifs is 1. The first-order valence-electron chi connectivity index (χ1n) is 8.26. The Morgan fingerprint density at radius 3 is 2.58 bits per heavy atom. The van der Waals surface area contributed by atoms with Crippen molar-refractivity contribution in [2.75, 3.05) is 13.1 Å². The Kier molecular flexibility index (Phi) is 4.30. The van der Waals surface area contributed by atoms with E-state index in [9.17, 15) is 13.2 Å². The molecule has 1 N–H and O–H groups in total. The van der Waals surface area contributed by atoms with Crippen LogP contribution in [0.4, 0.5) is 0 Å². The van der Waals surface area contributed by atoms with Crippen molar-refractivity contribution in [2.45, 2.75) is 44.6 Å². The van der Waals surface area contributed by atoms with Crippen LogP contribution in [0, 0.1) is 12.3 Å². The summed E-state index contributed by atoms with van der Waals surface area (Å²) in [4.78, 5) is 11.6. The second kappa shape index (κ2) is 6.01. The Balaban J connectivity index is 1.86. The number of nitrogens with one attached hydrogen (secondary N) is 1. The summed E-state index contributed by atoms with van der Waals surface area (Å²) >= 11 is 0. The SMILES string of the molecule is CC(=O)N[C@@H]1C=C2CN(S(=O)(=O)c3ccc(C)cc3)C[C@]2(C)CC1. The molecule has 130 valence electrons. The first kappa shape index (κ1) is 17.2. The van der Waals surface area contributed by atoms with Crippen LogP contribution in [0.15, 0.2) is 40.8 Å². The molecule has 0 spiro atoms. The molecule has 0 radical (unpaired) electrons. The zero-order valence-electron chi connectivity index (χ0n) is 14.4. The second-order valence-corrected chi connectivity index (χ2v) is 9.12. The average molecular weight is 348 g/mol. The molecule has 1 heterocycles. The van der Waals surface area contributed by atoms with Gasteiger partial charge in [0, 0.05) is 31.5 Å². The van der Waals surface area contributed by atoms with Crippen LogP contribution in [0.1, 0.15) is 32.3 Å². The molecule has 1 aliphatic carbocycles. The minimum atomic E-state index is -3.49. The molecule has 3 rings (SSSR count). The van der Waals surface area contributed by atoms with E-state index < -0.39 is 10.0 Å². The summed E-state index contributed by atoms with van der Waals surface area (Å²) in [6, 6.07) is 6.99. The van der Waals surface area contributed by atoms with Crippen LogP contribution in [-0.2, 0) is 14.8 Å². The van der Waals surface area contributed by atoms with Crippen molar-refractivity contribution < 1.29 is 13.2 Å². The number of nitrogens with zero attached hydrogens (tertiary/aromatic N) is 1. The van der Waals surface area contributed by atoms with E-state index in [0.717, 1.165) is 24.0 Å². The first-order chi connectivity index (χ1) is 11.2. The van der Waals surface area contributed by atoms with Gasteiger partial charge in [0.15, 0.2) is 0 Å². The predicted octanol–water partition coefficient (Wildman–Crippen LogP) is 2.23. The molecule has 1 fully saturated rings. The normalized spacial score (nSPS) is 27.5. The lowest BCUT2D eigenvalue weighted by molar-refractivity contribution is -0.119. The molecule has 0 saturated carbocycles. The maximum absolute atomic E-state index is 12.9. The van der Waals surface area contributed by atoms with Gasteiger partial charge in [0.2, 0.25) is 15.9 Å². The lowest BCUT2D eigenvalue weighted by Gasteiger charge is -2.32. The highest BCUT2D eigenvalue weighted by atomic mass is 32.2. The van der Waals surface area contributed by atoms with Gasteiger partial charge < -0.3 is 5.32 Å². The number of sulfonamides is 1. The first-order valence-corrected chi connectivity index (χ1v) is 9.70. The fourth-order valence-electron chi connectivity index (χ4n) is 3.63. The number of aryl methyl sites for hydroxylation is 1. The average Bonchev–Trinajstić information content (AvgIpc) is 2.85. The van der Waals surface area contributed by atoms with Crippen molar-refractivity contribution in [3.8, 4) is 0 Å². The van der Waals surface area contributed by atoms with Crippen LogP contribution in [0.25, 0.3) is 0 Å². The molecule has 1 amide bonds. The number of benzene rings is 1. The van der Waals surface area contributed by atoms with Crippen LogP contribution in [-0.4, -0.2) is 37.8 Å². The van der Waals surface area contributed by atoms with Crippen molar-refractivity contribution >= 4 is 15.9 Å². The topological polar surface area (TPSA) is 66.5 Å². The number of rotatable bonds is 3. The van der Waals surface area contributed by atoms with Crippen molar-refractivity contribution in [1.82, 2.24) is 9.62 Å². The molecule has 2 atom stereocenters. The highest BCUT2D eigenvalue weighted by Gasteiger charge is 2.45. The third-order valence-corrected chi connectivity index (χ3v) is 6.91. The molecule has 1 aromatic carbocycles. The summed E-state index contributed by atoms with van der Waals surface area (Å²) in [5, 5.41) is 2.92. The molecule has 1 aromatic rings. The van der Waals surface area contributed by atoms with E-state index >= 15 is 0 Å². The molecular weight excluding hydrogens is 324 g/mol. The third-order valence-electron chi connectivity index (χ3n) is 5.10. The molecule has 2 aliphatic rings. The molecule has 1 saturated heterocycles. The largest absolute Gasteiger partial charge is 0.350 e. The van der Waals surface area contributed by atoms with Gasteiger partial charge in [0.1, 0.15) is 0 Å². The Morgan fingerprint density at radius 1 is 1.29 bits per heavy atom. The zero-order valence-corrected chi connectivity index (χ0v) is 15.2. The fourth-order valence-corrected chi connectivity index (χ4v) is 5.17. The standard InChI is InChI=1S/C18H24N2O3S/c1-13-4-6-17(7-5-13)24(22,23)20-11-15-10-16(19-14(2)21)8-9-18(15,3)12-20/h4-7,10,16H,8-9,11-12H2,1-3H3,(H,19,21)/t16-,18-/m0/s1. The third kappa shape index (κ3) is 3.13. The lowest BCUT2D eigenvalue weighted by Crippen LogP contribution is -2.37. The Hall–Kier alpha value is -1.66. The van der Waals surface area contributed by atoms with Crippen molar-refractivity contribution in [2.24, 2.45) is 5.41 Å². The number of carbonyl (C=O) groups excluding carboxylic acids is 1. The van der Waals surface area contributed by atoms with Gasteiger partial charge >= 0.3 is 0 Å². The molecule has 0 bridgehead atoms. The molecule has 0 aromatic heterocycles. The van der Waals surface area contributed by atoms with Crippen molar-refractivity contribution in [3.63, 3.8) is 0 Å². The van der Waals surface area contributed by atoms with Crippen LogP contribution < -0.4 is 5.32 Å². The van der Waals surface area contributed by atoms with E-state index in [-0.39, 0.29) is 17.4 Å². The van der Waals surface area contributed by atoms with E-state index in [0.29, 0.717) is 18.0 Å². The summed E-state index contributed by atoms with van der Waals surface area (Å²) in [5.41, 5.74) is 2.02. The maximum Gasteiger partial charge on any atom is 0.243 e. The highest BCUT2D eigenvalue weighted by molar-refractivity contribution is 7.89. The van der Waals surface area contributed by atoms with Gasteiger partial charge in [-0.3, -0.25) is 4.79 Å². The summed E-state index contributed by atoms with van der Waals surface area (Å²) < 4.78 is 27.4. The molecule has 5 nitrogen and oxygen atoms in total. The molecule has 1 aliphatic heterocycles. The number of hydrogen-bond donors (Lipinski definition) is 1. The Labute approximate surface area is 143 Å². The summed E-state index contributed by atoms with van der Waals surface area (Å²) in [6.45, 7) is 6.47. The van der Waals surface area contributed by atoms with Crippen LogP contribution in [0.2, 0.25) is 0 Å². The van der Waals surface area contributed by atoms with Crippen molar-refractivity contribution in [3.05, 3.63) is 41.5 Å². The zero-order chi connectivity index (χ0) is 17.5. The van der Waals surface area contributed by atoms with Gasteiger partial charge in [0.05, 0.1) is 4.90 Å². The summed E-state index contributed by atoms with van der Waals surface area (Å²) in [7, 11) is -3.49. The van der Waals surface area contributed by atoms with Gasteiger partial charge in [-0.1, -0.05) is 30.7 Å². The van der Waals surface area contributed by atoms with Gasteiger partial charge in [-0.15, -0.1) is 0 Å². The maximum atomic E-state index is 12.9. The van der Waals surface area contributed by atoms with E-state index in [4.69, 9.17) is 0 Å². The van der Waals surface area contributed by atoms with Gasteiger partial charge in [-0.2, -0.15) is 4.31 Å². The number of hydrogen-bond acceptors (Lipinski definition) is 3. The van der Waals surface area contributed by atoms with Crippen molar-refractivity contribution in [1.29, 1.82) is 0 Å². The minimum Gasteiger partial charge on any atom is -0.350 e. The Bertz CT molecular complexity index is 783. The second-order valence-electron chi connectivity index (χ2n) is 7.18. The summed E-state index contributed by atoms with van der Waals surface area (Å²) in [6.07, 6.45) is 3.78. The van der Waals surface area contributed by atoms with Gasteiger partial charge in [-0.05, 0) is 37.5 Å². The quantitative estimate of drug-likeness (QED) is 0.852. The molecular formula is C18H24N2O3S. The minimum absolute atomic E-state index is 0.00704. The smallest absolute Gasteiger partial charge is 0.243 e. The highest BCUT2D eigenvalue weighted by Crippen LogP contribution is 2.44. The number of amides is 1. The lowest BCUT2D eigenvalue weighted by atomic mass is 9.75. The van der Waals surface area contributed by atoms with Gasteiger partial charge in [-0.25, -0.2) is 8.42 Å². The predicted molar refractivity (Wildman–Crippen MR) is 93.0 cm³/mol. The van der Waals surface area contributed by atoms with E-state index in [1.165, 1.54) is 6.92 Å². The van der Waals surface area contributed by atoms with E-state index in [1.807, 2.05) is 19.1 Å². The molecule has 24 heavy (non-hydrogen) atoms. The van der Waals surface area contributed by atoms with E-state index in [2.05, 4.69) is 18.3 Å². The molecule has 6 heteroatoms. The van der Waals surface area contributed by atoms with Crippen LogP contribution >= 0.6 is 0 Å². The van der Waals surface area contributed by atoms with Crippen LogP contribution in [0.3, 0.4) is 0 Å². The van der Waals surface area contributed by atoms with E-state index in [1.54, 1.807) is 16.4 Å². The fraction of sp³-hybridized carbons (Fsp3) is 0.500. The molecule has 0 unspecified atom stereocenters. The number of carbonyl (C=O) groups is 1. The summed E-state index contributed by atoms with van der Waals surface area (Å²) in [5.74, 6) is -0.0532.